The zero-order valence-corrected chi connectivity index (χ0v) is 11.3. The van der Waals surface area contributed by atoms with E-state index in [9.17, 15) is 4.79 Å². The molecule has 1 saturated carbocycles. The van der Waals surface area contributed by atoms with Gasteiger partial charge in [-0.05, 0) is 26.2 Å². The Kier molecular flexibility index (Phi) is 5.20. The monoisotopic (exact) mass is 267 g/mol. The van der Waals surface area contributed by atoms with E-state index in [2.05, 4.69) is 15.8 Å². The van der Waals surface area contributed by atoms with Gasteiger partial charge in [-0.25, -0.2) is 4.79 Å². The van der Waals surface area contributed by atoms with Crippen LogP contribution in [0.15, 0.2) is 10.6 Å². The highest BCUT2D eigenvalue weighted by molar-refractivity contribution is 5.88. The summed E-state index contributed by atoms with van der Waals surface area (Å²) in [5.41, 5.74) is 0. The van der Waals surface area contributed by atoms with E-state index >= 15 is 0 Å². The maximum atomic E-state index is 11.5. The summed E-state index contributed by atoms with van der Waals surface area (Å²) >= 11 is 0. The fourth-order valence-electron chi connectivity index (χ4n) is 2.16. The molecular weight excluding hydrogens is 246 g/mol. The van der Waals surface area contributed by atoms with Gasteiger partial charge in [-0.15, -0.1) is 0 Å². The summed E-state index contributed by atoms with van der Waals surface area (Å²) < 4.78 is 10.6. The van der Waals surface area contributed by atoms with Crippen LogP contribution in [-0.4, -0.2) is 30.4 Å². The number of hydrogen-bond donors (Lipinski definition) is 2. The van der Waals surface area contributed by atoms with E-state index in [-0.39, 0.29) is 6.03 Å². The van der Waals surface area contributed by atoms with Gasteiger partial charge in [-0.2, -0.15) is 0 Å². The van der Waals surface area contributed by atoms with Crippen molar-refractivity contribution in [2.45, 2.75) is 45.1 Å². The van der Waals surface area contributed by atoms with Crippen LogP contribution in [0.3, 0.4) is 0 Å². The number of anilines is 1. The molecule has 19 heavy (non-hydrogen) atoms. The van der Waals surface area contributed by atoms with Crippen LogP contribution in [0.2, 0.25) is 0 Å². The fraction of sp³-hybridized carbons (Fsp3) is 0.692. The van der Waals surface area contributed by atoms with Gasteiger partial charge in [0.05, 0.1) is 6.10 Å². The van der Waals surface area contributed by atoms with Gasteiger partial charge in [-0.1, -0.05) is 18.0 Å². The summed E-state index contributed by atoms with van der Waals surface area (Å²) in [6.07, 6.45) is 6.18. The van der Waals surface area contributed by atoms with Crippen molar-refractivity contribution in [1.29, 1.82) is 0 Å². The number of urea groups is 1. The third-order valence-corrected chi connectivity index (χ3v) is 3.13. The number of carbonyl (C=O) groups is 1. The topological polar surface area (TPSA) is 76.4 Å². The van der Waals surface area contributed by atoms with Gasteiger partial charge < -0.3 is 14.6 Å². The first-order chi connectivity index (χ1) is 9.24. The quantitative estimate of drug-likeness (QED) is 0.776. The molecule has 1 fully saturated rings. The first-order valence-electron chi connectivity index (χ1n) is 6.84. The zero-order valence-electron chi connectivity index (χ0n) is 11.3. The molecule has 1 aliphatic carbocycles. The number of aryl methyl sites for hydroxylation is 1. The van der Waals surface area contributed by atoms with Crippen molar-refractivity contribution >= 4 is 11.8 Å². The van der Waals surface area contributed by atoms with Crippen molar-refractivity contribution in [1.82, 2.24) is 10.5 Å². The summed E-state index contributed by atoms with van der Waals surface area (Å²) in [6, 6.07) is 1.40. The van der Waals surface area contributed by atoms with E-state index in [1.54, 1.807) is 13.0 Å². The van der Waals surface area contributed by atoms with E-state index in [1.165, 1.54) is 25.7 Å². The Bertz CT molecular complexity index is 400. The first kappa shape index (κ1) is 13.9. The molecule has 1 heterocycles. The molecule has 0 radical (unpaired) electrons. The van der Waals surface area contributed by atoms with Crippen LogP contribution in [0.25, 0.3) is 0 Å². The minimum atomic E-state index is -0.269. The minimum Gasteiger partial charge on any atom is -0.378 e. The van der Waals surface area contributed by atoms with Crippen LogP contribution >= 0.6 is 0 Å². The lowest BCUT2D eigenvalue weighted by atomic mass is 10.3. The molecule has 1 aromatic rings. The molecule has 0 aromatic carbocycles. The summed E-state index contributed by atoms with van der Waals surface area (Å²) in [6.45, 7) is 3.07. The van der Waals surface area contributed by atoms with Crippen LogP contribution in [0.5, 0.6) is 0 Å². The second-order valence-electron chi connectivity index (χ2n) is 4.83. The van der Waals surface area contributed by atoms with Crippen molar-refractivity contribution < 1.29 is 14.1 Å². The van der Waals surface area contributed by atoms with E-state index in [1.807, 2.05) is 0 Å². The number of aromatic nitrogens is 1. The Morgan fingerprint density at radius 1 is 1.53 bits per heavy atom. The number of carbonyl (C=O) groups excluding carboxylic acids is 1. The molecule has 0 spiro atoms. The molecular formula is C13H21N3O3. The number of ether oxygens (including phenoxy) is 1. The highest BCUT2D eigenvalue weighted by Crippen LogP contribution is 2.20. The third kappa shape index (κ3) is 4.90. The fourth-order valence-corrected chi connectivity index (χ4v) is 2.16. The minimum absolute atomic E-state index is 0.269. The Morgan fingerprint density at radius 2 is 2.32 bits per heavy atom. The van der Waals surface area contributed by atoms with Gasteiger partial charge >= 0.3 is 6.03 Å². The maximum Gasteiger partial charge on any atom is 0.320 e. The highest BCUT2D eigenvalue weighted by atomic mass is 16.5. The third-order valence-electron chi connectivity index (χ3n) is 3.13. The van der Waals surface area contributed by atoms with Gasteiger partial charge in [0.25, 0.3) is 0 Å². The molecule has 6 heteroatoms. The average Bonchev–Trinajstić information content (AvgIpc) is 3.01. The van der Waals surface area contributed by atoms with Crippen molar-refractivity contribution in [3.05, 3.63) is 11.8 Å². The van der Waals surface area contributed by atoms with Crippen LogP contribution in [0, 0.1) is 6.92 Å². The smallest absolute Gasteiger partial charge is 0.320 e. The first-order valence-corrected chi connectivity index (χ1v) is 6.84. The van der Waals surface area contributed by atoms with Crippen molar-refractivity contribution in [3.8, 4) is 0 Å². The van der Waals surface area contributed by atoms with E-state index in [4.69, 9.17) is 9.26 Å². The number of amides is 2. The molecule has 2 N–H and O–H groups in total. The Hall–Kier alpha value is -1.56. The Balaban J connectivity index is 1.51. The molecule has 0 saturated heterocycles. The van der Waals surface area contributed by atoms with E-state index in [0.29, 0.717) is 30.8 Å². The number of hydrogen-bond acceptors (Lipinski definition) is 4. The van der Waals surface area contributed by atoms with E-state index in [0.717, 1.165) is 6.42 Å². The largest absolute Gasteiger partial charge is 0.378 e. The van der Waals surface area contributed by atoms with Crippen LogP contribution < -0.4 is 10.6 Å². The molecule has 2 amide bonds. The molecule has 2 rings (SSSR count). The molecule has 0 aliphatic heterocycles. The number of nitrogens with one attached hydrogen (secondary N) is 2. The zero-order chi connectivity index (χ0) is 13.5. The number of rotatable bonds is 6. The number of nitrogens with zero attached hydrogens (tertiary/aromatic N) is 1. The second kappa shape index (κ2) is 7.13. The molecule has 0 bridgehead atoms. The molecule has 1 aromatic heterocycles. The van der Waals surface area contributed by atoms with Crippen LogP contribution in [0.4, 0.5) is 10.6 Å². The van der Waals surface area contributed by atoms with Gasteiger partial charge in [0, 0.05) is 19.2 Å². The molecule has 6 nitrogen and oxygen atoms in total. The van der Waals surface area contributed by atoms with E-state index < -0.39 is 0 Å². The molecule has 1 aliphatic rings. The summed E-state index contributed by atoms with van der Waals surface area (Å²) in [4.78, 5) is 11.5. The van der Waals surface area contributed by atoms with Crippen molar-refractivity contribution in [2.24, 2.45) is 0 Å². The lowest BCUT2D eigenvalue weighted by molar-refractivity contribution is 0.0572. The SMILES string of the molecule is Cc1cc(NC(=O)NCCCOC2CCCC2)no1. The molecule has 106 valence electrons. The van der Waals surface area contributed by atoms with Gasteiger partial charge in [0.2, 0.25) is 0 Å². The summed E-state index contributed by atoms with van der Waals surface area (Å²) in [5.74, 6) is 1.09. The van der Waals surface area contributed by atoms with Gasteiger partial charge in [-0.3, -0.25) is 5.32 Å². The molecule has 0 unspecified atom stereocenters. The van der Waals surface area contributed by atoms with Gasteiger partial charge in [0.1, 0.15) is 5.76 Å². The highest BCUT2D eigenvalue weighted by Gasteiger charge is 2.14. The Morgan fingerprint density at radius 3 is 3.00 bits per heavy atom. The molecule has 0 atom stereocenters. The normalized spacial score (nSPS) is 15.6. The lowest BCUT2D eigenvalue weighted by Gasteiger charge is -2.11. The Labute approximate surface area is 112 Å². The van der Waals surface area contributed by atoms with Crippen molar-refractivity contribution in [3.63, 3.8) is 0 Å². The summed E-state index contributed by atoms with van der Waals surface area (Å²) in [5, 5.41) is 9.03. The lowest BCUT2D eigenvalue weighted by Crippen LogP contribution is -2.30. The van der Waals surface area contributed by atoms with Gasteiger partial charge in [0.15, 0.2) is 5.82 Å². The predicted octanol–water partition coefficient (Wildman–Crippen LogP) is 2.45. The second-order valence-corrected chi connectivity index (χ2v) is 4.83. The van der Waals surface area contributed by atoms with Crippen molar-refractivity contribution in [2.75, 3.05) is 18.5 Å². The predicted molar refractivity (Wildman–Crippen MR) is 71.1 cm³/mol. The van der Waals surface area contributed by atoms with Crippen LogP contribution in [0.1, 0.15) is 37.9 Å². The standard InChI is InChI=1S/C13H21N3O3/c1-10-9-12(16-19-10)15-13(17)14-7-4-8-18-11-5-2-3-6-11/h9,11H,2-8H2,1H3,(H2,14,15,16,17). The average molecular weight is 267 g/mol. The summed E-state index contributed by atoms with van der Waals surface area (Å²) in [7, 11) is 0. The maximum absolute atomic E-state index is 11.5. The van der Waals surface area contributed by atoms with Crippen LogP contribution in [-0.2, 0) is 4.74 Å².